The molecule has 12 rings (SSSR count). The molecule has 0 saturated carbocycles. The van der Waals surface area contributed by atoms with Crippen molar-refractivity contribution < 1.29 is 13.3 Å². The number of rotatable bonds is 4. The van der Waals surface area contributed by atoms with Crippen molar-refractivity contribution in [2.24, 2.45) is 0 Å². The molecule has 12 aromatic rings. The summed E-state index contributed by atoms with van der Waals surface area (Å²) in [6.45, 7) is 0. The molecule has 0 unspecified atom stereocenters. The summed E-state index contributed by atoms with van der Waals surface area (Å²) in [5.41, 5.74) is 9.54. The van der Waals surface area contributed by atoms with Crippen molar-refractivity contribution in [1.82, 2.24) is 15.0 Å². The normalized spacial score (nSPS) is 12.0. The topological polar surface area (TPSA) is 78.1 Å². The maximum Gasteiger partial charge on any atom is 0.167 e. The molecule has 0 saturated heterocycles. The minimum atomic E-state index is 0.516. The van der Waals surface area contributed by atoms with Crippen molar-refractivity contribution in [3.63, 3.8) is 0 Å². The van der Waals surface area contributed by atoms with Gasteiger partial charge in [-0.1, -0.05) is 115 Å². The second kappa shape index (κ2) is 11.5. The van der Waals surface area contributed by atoms with Gasteiger partial charge in [0.15, 0.2) is 17.5 Å². The average molecular weight is 706 g/mol. The molecule has 0 bridgehead atoms. The number of furan rings is 3. The van der Waals surface area contributed by atoms with Crippen LogP contribution in [0.4, 0.5) is 0 Å². The molecule has 0 radical (unpaired) electrons. The summed E-state index contributed by atoms with van der Waals surface area (Å²) in [4.78, 5) is 15.7. The lowest BCUT2D eigenvalue weighted by molar-refractivity contribution is 0.669. The van der Waals surface area contributed by atoms with E-state index in [4.69, 9.17) is 28.2 Å². The molecule has 4 heterocycles. The molecule has 55 heavy (non-hydrogen) atoms. The first-order valence-corrected chi connectivity index (χ1v) is 18.3. The van der Waals surface area contributed by atoms with Gasteiger partial charge in [-0.3, -0.25) is 0 Å². The number of aromatic nitrogens is 3. The van der Waals surface area contributed by atoms with Crippen LogP contribution in [0.25, 0.3) is 122 Å². The molecule has 8 aromatic carbocycles. The highest BCUT2D eigenvalue weighted by atomic mass is 16.3. The van der Waals surface area contributed by atoms with Gasteiger partial charge in [0.1, 0.15) is 33.5 Å². The Hall–Kier alpha value is -7.57. The van der Waals surface area contributed by atoms with Gasteiger partial charge in [-0.15, -0.1) is 0 Å². The van der Waals surface area contributed by atoms with Crippen molar-refractivity contribution in [3.05, 3.63) is 164 Å². The summed E-state index contributed by atoms with van der Waals surface area (Å²) in [6, 6.07) is 55.7. The second-order valence-corrected chi connectivity index (χ2v) is 13.9. The van der Waals surface area contributed by atoms with Gasteiger partial charge in [-0.2, -0.15) is 0 Å². The van der Waals surface area contributed by atoms with E-state index in [0.29, 0.717) is 17.5 Å². The van der Waals surface area contributed by atoms with Gasteiger partial charge in [0.05, 0.1) is 5.56 Å². The fraction of sp³-hybridized carbons (Fsp3) is 0. The minimum absolute atomic E-state index is 0.516. The summed E-state index contributed by atoms with van der Waals surface area (Å²) in [7, 11) is 0. The first kappa shape index (κ1) is 29.9. The van der Waals surface area contributed by atoms with Crippen molar-refractivity contribution in [2.45, 2.75) is 0 Å². The third-order valence-electron chi connectivity index (χ3n) is 10.7. The molecule has 4 aromatic heterocycles. The van der Waals surface area contributed by atoms with Gasteiger partial charge in [0.25, 0.3) is 0 Å². The largest absolute Gasteiger partial charge is 0.456 e. The summed E-state index contributed by atoms with van der Waals surface area (Å²) in [5, 5.41) is 8.21. The van der Waals surface area contributed by atoms with E-state index >= 15 is 0 Å². The maximum atomic E-state index is 6.72. The van der Waals surface area contributed by atoms with Crippen LogP contribution >= 0.6 is 0 Å². The number of hydrogen-bond acceptors (Lipinski definition) is 6. The van der Waals surface area contributed by atoms with Crippen LogP contribution in [-0.4, -0.2) is 15.0 Å². The number of nitrogens with zero attached hydrogens (tertiary/aromatic N) is 3. The Balaban J connectivity index is 1.16. The Bertz CT molecular complexity index is 3500. The van der Waals surface area contributed by atoms with Gasteiger partial charge in [-0.05, 0) is 65.0 Å². The molecule has 0 amide bonds. The van der Waals surface area contributed by atoms with E-state index in [-0.39, 0.29) is 0 Å². The van der Waals surface area contributed by atoms with Gasteiger partial charge in [-0.25, -0.2) is 15.0 Å². The summed E-state index contributed by atoms with van der Waals surface area (Å²) < 4.78 is 19.4. The van der Waals surface area contributed by atoms with Gasteiger partial charge >= 0.3 is 0 Å². The van der Waals surface area contributed by atoms with Gasteiger partial charge in [0, 0.05) is 48.8 Å². The summed E-state index contributed by atoms with van der Waals surface area (Å²) >= 11 is 0. The SMILES string of the molecule is c1ccc(-c2cc3c(oc4cccc(-c5nc(-c6ccc7oc8ccccc8c7c6)nc(-c6cccc7c6oc6ccccc67)n5)c43)c3ccccc23)cc1. The van der Waals surface area contributed by atoms with E-state index in [0.717, 1.165) is 104 Å². The molecule has 0 fully saturated rings. The molecule has 6 nitrogen and oxygen atoms in total. The fourth-order valence-electron chi connectivity index (χ4n) is 8.23. The minimum Gasteiger partial charge on any atom is -0.456 e. The number of para-hydroxylation sites is 3. The number of fused-ring (bicyclic) bond motifs is 11. The average Bonchev–Trinajstić information content (AvgIpc) is 3.95. The molecule has 0 N–H and O–H groups in total. The van der Waals surface area contributed by atoms with Crippen LogP contribution in [0.1, 0.15) is 0 Å². The van der Waals surface area contributed by atoms with Crippen LogP contribution in [0.3, 0.4) is 0 Å². The predicted octanol–water partition coefficient (Wildman–Crippen LogP) is 13.4. The van der Waals surface area contributed by atoms with E-state index in [9.17, 15) is 0 Å². The van der Waals surface area contributed by atoms with Crippen LogP contribution in [0, 0.1) is 0 Å². The number of hydrogen-bond donors (Lipinski definition) is 0. The van der Waals surface area contributed by atoms with Crippen molar-refractivity contribution in [3.8, 4) is 45.3 Å². The molecule has 0 aliphatic carbocycles. The smallest absolute Gasteiger partial charge is 0.167 e. The lowest BCUT2D eigenvalue weighted by atomic mass is 9.94. The molecular weight excluding hydrogens is 679 g/mol. The lowest BCUT2D eigenvalue weighted by Crippen LogP contribution is -2.00. The Morgan fingerprint density at radius 3 is 1.69 bits per heavy atom. The van der Waals surface area contributed by atoms with E-state index in [1.165, 1.54) is 0 Å². The van der Waals surface area contributed by atoms with Crippen LogP contribution < -0.4 is 0 Å². The van der Waals surface area contributed by atoms with E-state index in [1.54, 1.807) is 0 Å². The van der Waals surface area contributed by atoms with Gasteiger partial charge < -0.3 is 13.3 Å². The third kappa shape index (κ3) is 4.52. The molecule has 0 spiro atoms. The van der Waals surface area contributed by atoms with Crippen LogP contribution in [0.5, 0.6) is 0 Å². The van der Waals surface area contributed by atoms with E-state index < -0.39 is 0 Å². The van der Waals surface area contributed by atoms with Crippen LogP contribution in [0.15, 0.2) is 177 Å². The fourth-order valence-corrected chi connectivity index (χ4v) is 8.23. The lowest BCUT2D eigenvalue weighted by Gasteiger charge is -2.10. The predicted molar refractivity (Wildman–Crippen MR) is 221 cm³/mol. The van der Waals surface area contributed by atoms with Crippen molar-refractivity contribution in [1.29, 1.82) is 0 Å². The standard InChI is InChI=1S/C49H27N3O3/c1-2-12-28(13-3-1)37-27-39-44-35(19-11-23-43(44)55-46(39)33-17-5-4-14-30(33)37)48-50-47(29-24-25-42-38(26-29)32-16-7-8-21-40(32)53-42)51-49(52-48)36-20-10-18-34-31-15-6-9-22-41(31)54-45(34)36/h1-27H. The maximum absolute atomic E-state index is 6.72. The zero-order chi connectivity index (χ0) is 36.0. The van der Waals surface area contributed by atoms with Crippen LogP contribution in [-0.2, 0) is 0 Å². The molecule has 0 atom stereocenters. The zero-order valence-corrected chi connectivity index (χ0v) is 29.2. The van der Waals surface area contributed by atoms with E-state index in [2.05, 4.69) is 84.9 Å². The molecule has 256 valence electrons. The Kier molecular flexibility index (Phi) is 6.24. The molecular formula is C49H27N3O3. The Morgan fingerprint density at radius 1 is 0.291 bits per heavy atom. The quantitative estimate of drug-likeness (QED) is 0.181. The zero-order valence-electron chi connectivity index (χ0n) is 29.2. The second-order valence-electron chi connectivity index (χ2n) is 13.9. The van der Waals surface area contributed by atoms with Gasteiger partial charge in [0.2, 0.25) is 0 Å². The van der Waals surface area contributed by atoms with E-state index in [1.807, 2.05) is 78.9 Å². The highest BCUT2D eigenvalue weighted by Crippen LogP contribution is 2.43. The highest BCUT2D eigenvalue weighted by Gasteiger charge is 2.22. The first-order chi connectivity index (χ1) is 27.2. The number of benzene rings is 8. The van der Waals surface area contributed by atoms with Crippen LogP contribution in [0.2, 0.25) is 0 Å². The molecule has 0 aliphatic rings. The Labute approximate surface area is 312 Å². The molecule has 6 heteroatoms. The van der Waals surface area contributed by atoms with Crippen molar-refractivity contribution in [2.75, 3.05) is 0 Å². The first-order valence-electron chi connectivity index (χ1n) is 18.3. The molecule has 0 aliphatic heterocycles. The monoisotopic (exact) mass is 705 g/mol. The van der Waals surface area contributed by atoms with Crippen molar-refractivity contribution >= 4 is 76.6 Å². The Morgan fingerprint density at radius 2 is 0.855 bits per heavy atom. The summed E-state index contributed by atoms with van der Waals surface area (Å²) in [5.74, 6) is 1.59. The highest BCUT2D eigenvalue weighted by molar-refractivity contribution is 6.22. The third-order valence-corrected chi connectivity index (χ3v) is 10.7. The summed E-state index contributed by atoms with van der Waals surface area (Å²) in [6.07, 6.45) is 0.